The second kappa shape index (κ2) is 4.63. The number of hydrogen-bond acceptors (Lipinski definition) is 2. The summed E-state index contributed by atoms with van der Waals surface area (Å²) in [4.78, 5) is 4.44. The van der Waals surface area contributed by atoms with Gasteiger partial charge >= 0.3 is 0 Å². The molecule has 1 aromatic heterocycles. The van der Waals surface area contributed by atoms with Gasteiger partial charge in [0.15, 0.2) is 5.58 Å². The molecule has 0 N–H and O–H groups in total. The fourth-order valence-electron chi connectivity index (χ4n) is 1.86. The van der Waals surface area contributed by atoms with Gasteiger partial charge in [-0.1, -0.05) is 29.8 Å². The van der Waals surface area contributed by atoms with E-state index in [0.717, 1.165) is 22.2 Å². The lowest BCUT2D eigenvalue weighted by Gasteiger charge is -2.01. The Morgan fingerprint density at radius 2 is 1.94 bits per heavy atom. The Bertz CT molecular complexity index is 706. The molecule has 0 radical (unpaired) electrons. The van der Waals surface area contributed by atoms with Crippen LogP contribution in [0.3, 0.4) is 0 Å². The fourth-order valence-corrected chi connectivity index (χ4v) is 2.26. The summed E-state index contributed by atoms with van der Waals surface area (Å²) in [5, 5.41) is 0.646. The zero-order valence-electron chi connectivity index (χ0n) is 9.36. The maximum absolute atomic E-state index is 5.93. The fraction of sp³-hybridized carbons (Fsp3) is 0.0714. The molecular formula is C14H9Cl2NO. The number of oxazole rings is 1. The topological polar surface area (TPSA) is 26.0 Å². The lowest BCUT2D eigenvalue weighted by molar-refractivity contribution is 0.619. The van der Waals surface area contributed by atoms with Gasteiger partial charge < -0.3 is 4.42 Å². The van der Waals surface area contributed by atoms with Gasteiger partial charge in [-0.3, -0.25) is 0 Å². The van der Waals surface area contributed by atoms with E-state index in [9.17, 15) is 0 Å². The molecule has 2 nitrogen and oxygen atoms in total. The van der Waals surface area contributed by atoms with Crippen LogP contribution in [0, 0.1) is 0 Å². The van der Waals surface area contributed by atoms with Crippen molar-refractivity contribution in [3.8, 4) is 11.5 Å². The smallest absolute Gasteiger partial charge is 0.227 e. The van der Waals surface area contributed by atoms with Crippen LogP contribution in [0.1, 0.15) is 5.56 Å². The van der Waals surface area contributed by atoms with Crippen molar-refractivity contribution in [2.75, 3.05) is 0 Å². The highest BCUT2D eigenvalue weighted by Crippen LogP contribution is 2.28. The maximum atomic E-state index is 5.93. The number of benzene rings is 2. The summed E-state index contributed by atoms with van der Waals surface area (Å²) in [6, 6.07) is 13.2. The standard InChI is InChI=1S/C14H9Cl2NO/c15-8-9-3-1-2-4-11(9)14-17-12-7-10(16)5-6-13(12)18-14/h1-7H,8H2. The van der Waals surface area contributed by atoms with Crippen molar-refractivity contribution < 1.29 is 4.42 Å². The van der Waals surface area contributed by atoms with Crippen LogP contribution in [0.25, 0.3) is 22.6 Å². The van der Waals surface area contributed by atoms with E-state index in [1.165, 1.54) is 0 Å². The van der Waals surface area contributed by atoms with Crippen LogP contribution in [0.5, 0.6) is 0 Å². The van der Waals surface area contributed by atoms with Gasteiger partial charge in [-0.25, -0.2) is 4.98 Å². The molecule has 0 unspecified atom stereocenters. The summed E-state index contributed by atoms with van der Waals surface area (Å²) in [5.41, 5.74) is 3.39. The van der Waals surface area contributed by atoms with Crippen molar-refractivity contribution in [3.63, 3.8) is 0 Å². The second-order valence-corrected chi connectivity index (χ2v) is 4.63. The Balaban J connectivity index is 2.19. The number of fused-ring (bicyclic) bond motifs is 1. The Morgan fingerprint density at radius 3 is 2.78 bits per heavy atom. The van der Waals surface area contributed by atoms with Crippen molar-refractivity contribution in [1.82, 2.24) is 4.98 Å². The summed E-state index contributed by atoms with van der Waals surface area (Å²) in [6.45, 7) is 0. The highest BCUT2D eigenvalue weighted by Gasteiger charge is 2.11. The minimum absolute atomic E-state index is 0.426. The average Bonchev–Trinajstić information content (AvgIpc) is 2.81. The first-order chi connectivity index (χ1) is 8.78. The zero-order valence-corrected chi connectivity index (χ0v) is 10.9. The third-order valence-electron chi connectivity index (χ3n) is 2.74. The molecular weight excluding hydrogens is 269 g/mol. The van der Waals surface area contributed by atoms with Gasteiger partial charge in [-0.15, -0.1) is 11.6 Å². The van der Waals surface area contributed by atoms with Gasteiger partial charge in [-0.05, 0) is 29.8 Å². The molecule has 0 bridgehead atoms. The molecule has 0 saturated carbocycles. The van der Waals surface area contributed by atoms with Crippen LogP contribution in [0.15, 0.2) is 46.9 Å². The quantitative estimate of drug-likeness (QED) is 0.624. The molecule has 0 saturated heterocycles. The van der Waals surface area contributed by atoms with Gasteiger partial charge in [0.1, 0.15) is 5.52 Å². The van der Waals surface area contributed by atoms with E-state index in [4.69, 9.17) is 27.6 Å². The number of aromatic nitrogens is 1. The number of halogens is 2. The van der Waals surface area contributed by atoms with E-state index in [2.05, 4.69) is 4.98 Å². The SMILES string of the molecule is ClCc1ccccc1-c1nc2cc(Cl)ccc2o1. The first kappa shape index (κ1) is 11.6. The van der Waals surface area contributed by atoms with E-state index >= 15 is 0 Å². The Hall–Kier alpha value is -1.51. The molecule has 0 aliphatic heterocycles. The summed E-state index contributed by atoms with van der Waals surface area (Å²) in [6.07, 6.45) is 0. The van der Waals surface area contributed by atoms with Gasteiger partial charge in [0.05, 0.1) is 0 Å². The van der Waals surface area contributed by atoms with Gasteiger partial charge in [0.25, 0.3) is 0 Å². The summed E-state index contributed by atoms with van der Waals surface area (Å²) >= 11 is 11.8. The summed E-state index contributed by atoms with van der Waals surface area (Å²) in [5.74, 6) is 0.999. The molecule has 18 heavy (non-hydrogen) atoms. The zero-order chi connectivity index (χ0) is 12.5. The number of hydrogen-bond donors (Lipinski definition) is 0. The van der Waals surface area contributed by atoms with Crippen molar-refractivity contribution in [2.24, 2.45) is 0 Å². The van der Waals surface area contributed by atoms with E-state index in [1.807, 2.05) is 30.3 Å². The molecule has 3 rings (SSSR count). The maximum Gasteiger partial charge on any atom is 0.227 e. The molecule has 0 amide bonds. The Labute approximate surface area is 114 Å². The highest BCUT2D eigenvalue weighted by atomic mass is 35.5. The predicted molar refractivity (Wildman–Crippen MR) is 74.0 cm³/mol. The largest absolute Gasteiger partial charge is 0.436 e. The Kier molecular flexibility index (Phi) is 2.98. The Morgan fingerprint density at radius 1 is 1.11 bits per heavy atom. The molecule has 0 fully saturated rings. The lowest BCUT2D eigenvalue weighted by Crippen LogP contribution is -1.85. The van der Waals surface area contributed by atoms with Crippen LogP contribution in [-0.4, -0.2) is 4.98 Å². The number of alkyl halides is 1. The van der Waals surface area contributed by atoms with E-state index in [1.54, 1.807) is 12.1 Å². The third kappa shape index (κ3) is 1.98. The summed E-state index contributed by atoms with van der Waals surface area (Å²) < 4.78 is 5.72. The monoisotopic (exact) mass is 277 g/mol. The average molecular weight is 278 g/mol. The van der Waals surface area contributed by atoms with E-state index < -0.39 is 0 Å². The molecule has 0 aliphatic carbocycles. The lowest BCUT2D eigenvalue weighted by atomic mass is 10.1. The predicted octanol–water partition coefficient (Wildman–Crippen LogP) is 4.89. The van der Waals surface area contributed by atoms with Crippen molar-refractivity contribution >= 4 is 34.3 Å². The van der Waals surface area contributed by atoms with Gasteiger partial charge in [0.2, 0.25) is 5.89 Å². The normalized spacial score (nSPS) is 11.0. The number of rotatable bonds is 2. The first-order valence-electron chi connectivity index (χ1n) is 5.48. The second-order valence-electron chi connectivity index (χ2n) is 3.92. The van der Waals surface area contributed by atoms with Crippen LogP contribution < -0.4 is 0 Å². The minimum atomic E-state index is 0.426. The number of nitrogens with zero attached hydrogens (tertiary/aromatic N) is 1. The molecule has 0 spiro atoms. The van der Waals surface area contributed by atoms with Gasteiger partial charge in [0, 0.05) is 16.5 Å². The molecule has 1 heterocycles. The summed E-state index contributed by atoms with van der Waals surface area (Å²) in [7, 11) is 0. The van der Waals surface area contributed by atoms with Crippen LogP contribution in [0.4, 0.5) is 0 Å². The van der Waals surface area contributed by atoms with Gasteiger partial charge in [-0.2, -0.15) is 0 Å². The molecule has 0 aliphatic rings. The molecule has 2 aromatic carbocycles. The van der Waals surface area contributed by atoms with E-state index in [0.29, 0.717) is 16.8 Å². The molecule has 90 valence electrons. The highest BCUT2D eigenvalue weighted by molar-refractivity contribution is 6.31. The van der Waals surface area contributed by atoms with Crippen molar-refractivity contribution in [3.05, 3.63) is 53.1 Å². The van der Waals surface area contributed by atoms with Crippen LogP contribution >= 0.6 is 23.2 Å². The molecule has 4 heteroatoms. The van der Waals surface area contributed by atoms with Crippen molar-refractivity contribution in [2.45, 2.75) is 5.88 Å². The van der Waals surface area contributed by atoms with Crippen LogP contribution in [-0.2, 0) is 5.88 Å². The molecule has 0 atom stereocenters. The first-order valence-corrected chi connectivity index (χ1v) is 6.39. The molecule has 3 aromatic rings. The minimum Gasteiger partial charge on any atom is -0.436 e. The van der Waals surface area contributed by atoms with E-state index in [-0.39, 0.29) is 0 Å². The van der Waals surface area contributed by atoms with Crippen molar-refractivity contribution in [1.29, 1.82) is 0 Å². The third-order valence-corrected chi connectivity index (χ3v) is 3.26. The van der Waals surface area contributed by atoms with Crippen LogP contribution in [0.2, 0.25) is 5.02 Å².